The average Bonchev–Trinajstić information content (AvgIpc) is 3.23. The van der Waals surface area contributed by atoms with Crippen LogP contribution in [0.5, 0.6) is 0 Å². The minimum absolute atomic E-state index is 0.0303. The monoisotopic (exact) mass is 610 g/mol. The van der Waals surface area contributed by atoms with Gasteiger partial charge in [-0.2, -0.15) is 0 Å². The number of ether oxygens (including phenoxy) is 3. The number of nitrogens with one attached hydrogen (secondary N) is 2. The zero-order chi connectivity index (χ0) is 32.7. The van der Waals surface area contributed by atoms with Crippen LogP contribution in [0.1, 0.15) is 84.3 Å². The minimum Gasteiger partial charge on any atom is -0.481 e. The van der Waals surface area contributed by atoms with E-state index in [4.69, 9.17) is 19.3 Å². The van der Waals surface area contributed by atoms with Crippen LogP contribution >= 0.6 is 0 Å². The van der Waals surface area contributed by atoms with E-state index in [0.717, 1.165) is 22.3 Å². The first kappa shape index (κ1) is 34.1. The van der Waals surface area contributed by atoms with Gasteiger partial charge in [-0.25, -0.2) is 14.4 Å². The Labute approximate surface area is 257 Å². The number of amides is 2. The Morgan fingerprint density at radius 1 is 0.727 bits per heavy atom. The zero-order valence-corrected chi connectivity index (χ0v) is 26.1. The van der Waals surface area contributed by atoms with Gasteiger partial charge in [-0.1, -0.05) is 48.5 Å². The van der Waals surface area contributed by atoms with E-state index in [1.54, 1.807) is 41.5 Å². The molecule has 3 N–H and O–H groups in total. The smallest absolute Gasteiger partial charge is 0.407 e. The molecule has 0 aliphatic heterocycles. The highest BCUT2D eigenvalue weighted by molar-refractivity contribution is 5.86. The largest absolute Gasteiger partial charge is 0.481 e. The first-order valence-corrected chi connectivity index (χ1v) is 14.6. The van der Waals surface area contributed by atoms with E-state index >= 15 is 0 Å². The summed E-state index contributed by atoms with van der Waals surface area (Å²) in [6, 6.07) is 13.4. The van der Waals surface area contributed by atoms with Crippen LogP contribution in [0.4, 0.5) is 4.79 Å². The van der Waals surface area contributed by atoms with E-state index in [1.807, 2.05) is 48.5 Å². The number of aliphatic carboxylic acids is 1. The number of carboxylic acids is 1. The second kappa shape index (κ2) is 14.4. The molecule has 0 saturated carbocycles. The minimum atomic E-state index is -1.23. The van der Waals surface area contributed by atoms with Crippen LogP contribution in [0.15, 0.2) is 48.5 Å². The van der Waals surface area contributed by atoms with Gasteiger partial charge in [0.05, 0.1) is 0 Å². The predicted molar refractivity (Wildman–Crippen MR) is 162 cm³/mol. The highest BCUT2D eigenvalue weighted by Crippen LogP contribution is 2.44. The lowest BCUT2D eigenvalue weighted by Gasteiger charge is -2.25. The third-order valence-electron chi connectivity index (χ3n) is 6.66. The number of benzene rings is 2. The Kier molecular flexibility index (Phi) is 11.1. The van der Waals surface area contributed by atoms with Crippen LogP contribution in [-0.2, 0) is 33.4 Å². The van der Waals surface area contributed by atoms with Gasteiger partial charge in [-0.05, 0) is 76.6 Å². The number of carbonyl (C=O) groups excluding carboxylic acids is 4. The molecular weight excluding hydrogens is 568 g/mol. The van der Waals surface area contributed by atoms with Gasteiger partial charge in [0.25, 0.3) is 0 Å². The summed E-state index contributed by atoms with van der Waals surface area (Å²) >= 11 is 0. The summed E-state index contributed by atoms with van der Waals surface area (Å²) in [6.07, 6.45) is -1.83. The quantitative estimate of drug-likeness (QED) is 0.229. The van der Waals surface area contributed by atoms with Crippen LogP contribution in [0.3, 0.4) is 0 Å². The Hall–Kier alpha value is -4.41. The van der Waals surface area contributed by atoms with Gasteiger partial charge in [-0.15, -0.1) is 0 Å². The van der Waals surface area contributed by atoms with Crippen LogP contribution in [0, 0.1) is 0 Å². The number of esters is 2. The van der Waals surface area contributed by atoms with Crippen molar-refractivity contribution >= 4 is 29.9 Å². The highest BCUT2D eigenvalue weighted by Gasteiger charge is 2.32. The fourth-order valence-corrected chi connectivity index (χ4v) is 4.84. The van der Waals surface area contributed by atoms with E-state index < -0.39 is 53.2 Å². The van der Waals surface area contributed by atoms with Crippen LogP contribution in [0.2, 0.25) is 0 Å². The van der Waals surface area contributed by atoms with Gasteiger partial charge in [-0.3, -0.25) is 9.59 Å². The van der Waals surface area contributed by atoms with Gasteiger partial charge < -0.3 is 30.0 Å². The van der Waals surface area contributed by atoms with Crippen molar-refractivity contribution in [3.8, 4) is 11.1 Å². The molecule has 238 valence electrons. The molecule has 0 fully saturated rings. The topological polar surface area (TPSA) is 157 Å². The number of hydrogen-bond donors (Lipinski definition) is 3. The Morgan fingerprint density at radius 2 is 1.18 bits per heavy atom. The maximum absolute atomic E-state index is 13.0. The number of hydrogen-bond acceptors (Lipinski definition) is 8. The fourth-order valence-electron chi connectivity index (χ4n) is 4.84. The summed E-state index contributed by atoms with van der Waals surface area (Å²) in [4.78, 5) is 62.5. The Balaban J connectivity index is 1.66. The van der Waals surface area contributed by atoms with Gasteiger partial charge in [0.1, 0.15) is 29.9 Å². The van der Waals surface area contributed by atoms with E-state index in [2.05, 4.69) is 10.6 Å². The van der Waals surface area contributed by atoms with Crippen molar-refractivity contribution < 1.29 is 43.3 Å². The van der Waals surface area contributed by atoms with Crippen LogP contribution < -0.4 is 10.6 Å². The van der Waals surface area contributed by atoms with Gasteiger partial charge in [0.2, 0.25) is 5.91 Å². The molecule has 2 aromatic carbocycles. The van der Waals surface area contributed by atoms with E-state index in [0.29, 0.717) is 0 Å². The number of rotatable bonds is 12. The molecule has 3 rings (SSSR count). The molecule has 0 radical (unpaired) electrons. The molecule has 0 heterocycles. The summed E-state index contributed by atoms with van der Waals surface area (Å²) in [6.45, 7) is 10.0. The molecule has 44 heavy (non-hydrogen) atoms. The zero-order valence-electron chi connectivity index (χ0n) is 26.1. The number of carboxylic acid groups (broad SMARTS) is 1. The van der Waals surface area contributed by atoms with Gasteiger partial charge >= 0.3 is 24.0 Å². The van der Waals surface area contributed by atoms with Crippen molar-refractivity contribution in [2.45, 2.75) is 96.4 Å². The van der Waals surface area contributed by atoms with Gasteiger partial charge in [0.15, 0.2) is 0 Å². The lowest BCUT2D eigenvalue weighted by atomic mass is 9.98. The van der Waals surface area contributed by atoms with Crippen LogP contribution in [0.25, 0.3) is 11.1 Å². The third kappa shape index (κ3) is 10.1. The second-order valence-corrected chi connectivity index (χ2v) is 12.7. The normalized spacial score (nSPS) is 14.0. The van der Waals surface area contributed by atoms with Crippen molar-refractivity contribution in [2.24, 2.45) is 0 Å². The van der Waals surface area contributed by atoms with E-state index in [1.165, 1.54) is 0 Å². The highest BCUT2D eigenvalue weighted by atomic mass is 16.6. The van der Waals surface area contributed by atoms with Crippen LogP contribution in [-0.4, -0.2) is 64.9 Å². The molecule has 2 atom stereocenters. The van der Waals surface area contributed by atoms with E-state index in [9.17, 15) is 24.0 Å². The number of alkyl carbamates (subject to hydrolysis) is 1. The second-order valence-electron chi connectivity index (χ2n) is 12.7. The van der Waals surface area contributed by atoms with E-state index in [-0.39, 0.29) is 38.2 Å². The van der Waals surface area contributed by atoms with Gasteiger partial charge in [0, 0.05) is 18.8 Å². The molecule has 0 spiro atoms. The summed E-state index contributed by atoms with van der Waals surface area (Å²) in [5.41, 5.74) is 2.50. The maximum Gasteiger partial charge on any atom is 0.407 e. The maximum atomic E-state index is 13.0. The lowest BCUT2D eigenvalue weighted by molar-refractivity contribution is -0.160. The summed E-state index contributed by atoms with van der Waals surface area (Å²) in [5, 5.41) is 14.1. The van der Waals surface area contributed by atoms with Crippen molar-refractivity contribution in [2.75, 3.05) is 6.61 Å². The molecule has 1 aliphatic rings. The summed E-state index contributed by atoms with van der Waals surface area (Å²) in [7, 11) is 0. The molecule has 0 saturated heterocycles. The first-order chi connectivity index (χ1) is 20.5. The molecule has 0 unspecified atom stereocenters. The molecule has 1 aliphatic carbocycles. The third-order valence-corrected chi connectivity index (χ3v) is 6.66. The first-order valence-electron chi connectivity index (χ1n) is 14.6. The Morgan fingerprint density at radius 3 is 1.66 bits per heavy atom. The SMILES string of the molecule is CC(C)(C)OC(=O)[C@@H](CCC(=O)O)NC(=O)CC[C@@H](NC(=O)OCC1c2ccccc2-c2ccccc21)C(=O)OC(C)(C)C. The number of fused-ring (bicyclic) bond motifs is 3. The molecule has 11 nitrogen and oxygen atoms in total. The summed E-state index contributed by atoms with van der Waals surface area (Å²) < 4.78 is 16.4. The molecule has 11 heteroatoms. The fraction of sp³-hybridized carbons (Fsp3) is 0.485. The standard InChI is InChI=1S/C33H42N2O9/c1-32(2,3)43-29(39)25(16-18-28(37)38)34-27(36)17-15-26(30(40)44-33(4,5)6)35-31(41)42-19-24-22-13-9-7-11-20(22)21-12-8-10-14-23(21)24/h7-14,24-26H,15-19H2,1-6H3,(H,34,36)(H,35,41)(H,37,38)/t25-,26-/m1/s1. The predicted octanol–water partition coefficient (Wildman–Crippen LogP) is 4.71. The lowest BCUT2D eigenvalue weighted by Crippen LogP contribution is -2.47. The Bertz CT molecular complexity index is 1330. The molecule has 2 amide bonds. The van der Waals surface area contributed by atoms with Crippen molar-refractivity contribution in [1.82, 2.24) is 10.6 Å². The van der Waals surface area contributed by atoms with Crippen molar-refractivity contribution in [3.05, 3.63) is 59.7 Å². The molecular formula is C33H42N2O9. The van der Waals surface area contributed by atoms with Crippen molar-refractivity contribution in [3.63, 3.8) is 0 Å². The average molecular weight is 611 g/mol. The summed E-state index contributed by atoms with van der Waals surface area (Å²) in [5.74, 6) is -3.48. The molecule has 0 bridgehead atoms. The number of carbonyl (C=O) groups is 5. The molecule has 0 aromatic heterocycles. The molecule has 2 aromatic rings. The van der Waals surface area contributed by atoms with Crippen molar-refractivity contribution in [1.29, 1.82) is 0 Å².